The van der Waals surface area contributed by atoms with Crippen molar-refractivity contribution in [2.75, 3.05) is 25.6 Å². The second kappa shape index (κ2) is 9.40. The predicted molar refractivity (Wildman–Crippen MR) is 116 cm³/mol. The molecule has 3 heterocycles. The van der Waals surface area contributed by atoms with Crippen LogP contribution in [0, 0.1) is 0 Å². The fraction of sp³-hybridized carbons (Fsp3) is 0.400. The van der Waals surface area contributed by atoms with E-state index in [1.54, 1.807) is 30.4 Å². The lowest BCUT2D eigenvalue weighted by Crippen LogP contribution is -2.16. The first-order valence-electron chi connectivity index (χ1n) is 10.0. The van der Waals surface area contributed by atoms with Gasteiger partial charge in [0.05, 0.1) is 19.3 Å². The normalized spacial score (nSPS) is 15.4. The first-order valence-corrected chi connectivity index (χ1v) is 10.0. The average Bonchev–Trinajstić information content (AvgIpc) is 3.44. The molecule has 30 heavy (non-hydrogen) atoms. The molecule has 0 bridgehead atoms. The number of rotatable bonds is 8. The minimum absolute atomic E-state index is 0.427. The highest BCUT2D eigenvalue weighted by Gasteiger charge is 2.17. The standard InChI is InChI=1S/C20H25N9O/c1-30-9-8-22-11-15(10-21)14-6-7-18(23-12-14)29-19-17(27-28-29)13-24-20(26-19)25-16-4-2-3-5-16/h6-7,10-13,16H,2-5,8-9,21H2,1H3,(H,24,25,26). The Morgan fingerprint density at radius 2 is 2.17 bits per heavy atom. The molecular weight excluding hydrogens is 382 g/mol. The van der Waals surface area contributed by atoms with Crippen LogP contribution in [0.5, 0.6) is 0 Å². The molecule has 0 spiro atoms. The molecule has 1 fully saturated rings. The van der Waals surface area contributed by atoms with Gasteiger partial charge >= 0.3 is 0 Å². The molecular formula is C20H25N9O. The molecule has 0 aliphatic heterocycles. The number of ether oxygens (including phenoxy) is 1. The van der Waals surface area contributed by atoms with Crippen LogP contribution in [-0.2, 0) is 4.74 Å². The first kappa shape index (κ1) is 19.9. The van der Waals surface area contributed by atoms with Crippen LogP contribution in [0.25, 0.3) is 22.6 Å². The van der Waals surface area contributed by atoms with Crippen molar-refractivity contribution in [2.24, 2.45) is 10.7 Å². The number of anilines is 1. The maximum atomic E-state index is 5.75. The summed E-state index contributed by atoms with van der Waals surface area (Å²) in [6.07, 6.45) is 11.4. The van der Waals surface area contributed by atoms with Crippen molar-refractivity contribution in [3.05, 3.63) is 36.3 Å². The molecule has 0 amide bonds. The number of allylic oxidation sites excluding steroid dienone is 1. The fourth-order valence-electron chi connectivity index (χ4n) is 3.41. The maximum absolute atomic E-state index is 5.75. The van der Waals surface area contributed by atoms with Crippen molar-refractivity contribution in [3.63, 3.8) is 0 Å². The second-order valence-corrected chi connectivity index (χ2v) is 7.08. The van der Waals surface area contributed by atoms with Crippen LogP contribution in [0.1, 0.15) is 31.2 Å². The van der Waals surface area contributed by atoms with Gasteiger partial charge in [-0.1, -0.05) is 18.1 Å². The zero-order chi connectivity index (χ0) is 20.8. The third-order valence-corrected chi connectivity index (χ3v) is 5.01. The molecule has 1 aliphatic rings. The molecule has 156 valence electrons. The summed E-state index contributed by atoms with van der Waals surface area (Å²) in [5, 5.41) is 11.8. The van der Waals surface area contributed by atoms with Crippen LogP contribution < -0.4 is 11.1 Å². The van der Waals surface area contributed by atoms with Crippen molar-refractivity contribution >= 4 is 28.9 Å². The van der Waals surface area contributed by atoms with E-state index in [1.807, 2.05) is 12.1 Å². The van der Waals surface area contributed by atoms with Gasteiger partial charge in [-0.3, -0.25) is 4.99 Å². The van der Waals surface area contributed by atoms with Crippen molar-refractivity contribution < 1.29 is 4.74 Å². The lowest BCUT2D eigenvalue weighted by molar-refractivity contribution is 0.208. The molecule has 1 saturated carbocycles. The van der Waals surface area contributed by atoms with Gasteiger partial charge in [-0.15, -0.1) is 5.10 Å². The summed E-state index contributed by atoms with van der Waals surface area (Å²) in [6.45, 7) is 1.13. The van der Waals surface area contributed by atoms with E-state index in [0.717, 1.165) is 24.0 Å². The van der Waals surface area contributed by atoms with Crippen molar-refractivity contribution in [3.8, 4) is 5.82 Å². The van der Waals surface area contributed by atoms with Gasteiger partial charge in [0, 0.05) is 42.9 Å². The van der Waals surface area contributed by atoms with Crippen LogP contribution in [0.2, 0.25) is 0 Å². The van der Waals surface area contributed by atoms with Crippen LogP contribution in [0.3, 0.4) is 0 Å². The van der Waals surface area contributed by atoms with Crippen LogP contribution in [0.15, 0.2) is 35.7 Å². The molecule has 3 N–H and O–H groups in total. The smallest absolute Gasteiger partial charge is 0.225 e. The largest absolute Gasteiger partial charge is 0.404 e. The number of aromatic nitrogens is 6. The zero-order valence-electron chi connectivity index (χ0n) is 16.9. The van der Waals surface area contributed by atoms with Crippen LogP contribution in [-0.4, -0.2) is 62.5 Å². The molecule has 3 aromatic heterocycles. The Balaban J connectivity index is 1.55. The van der Waals surface area contributed by atoms with E-state index in [4.69, 9.17) is 10.5 Å². The van der Waals surface area contributed by atoms with E-state index in [2.05, 4.69) is 35.6 Å². The molecule has 0 radical (unpaired) electrons. The zero-order valence-corrected chi connectivity index (χ0v) is 16.9. The Morgan fingerprint density at radius 3 is 2.90 bits per heavy atom. The third-order valence-electron chi connectivity index (χ3n) is 5.01. The minimum atomic E-state index is 0.427. The van der Waals surface area contributed by atoms with Gasteiger partial charge in [-0.25, -0.2) is 9.97 Å². The average molecular weight is 407 g/mol. The molecule has 10 nitrogen and oxygen atoms in total. The van der Waals surface area contributed by atoms with Crippen molar-refractivity contribution in [2.45, 2.75) is 31.7 Å². The monoisotopic (exact) mass is 407 g/mol. The van der Waals surface area contributed by atoms with Gasteiger partial charge in [0.1, 0.15) is 0 Å². The maximum Gasteiger partial charge on any atom is 0.225 e. The Hall–Kier alpha value is -3.40. The summed E-state index contributed by atoms with van der Waals surface area (Å²) in [6, 6.07) is 4.19. The first-order chi connectivity index (χ1) is 14.8. The number of nitrogens with one attached hydrogen (secondary N) is 1. The Bertz CT molecular complexity index is 1040. The quantitative estimate of drug-likeness (QED) is 0.428. The van der Waals surface area contributed by atoms with Crippen molar-refractivity contribution in [1.29, 1.82) is 0 Å². The summed E-state index contributed by atoms with van der Waals surface area (Å²) in [5.41, 5.74) is 8.60. The fourth-order valence-corrected chi connectivity index (χ4v) is 3.41. The van der Waals surface area contributed by atoms with Gasteiger partial charge in [0.2, 0.25) is 5.95 Å². The Morgan fingerprint density at radius 1 is 1.30 bits per heavy atom. The summed E-state index contributed by atoms with van der Waals surface area (Å²) in [5.74, 6) is 1.20. The molecule has 3 aromatic rings. The number of aliphatic imine (C=N–C) groups is 1. The van der Waals surface area contributed by atoms with Gasteiger partial charge in [-0.05, 0) is 25.0 Å². The number of hydrogen-bond donors (Lipinski definition) is 2. The second-order valence-electron chi connectivity index (χ2n) is 7.08. The van der Waals surface area contributed by atoms with Gasteiger partial charge in [0.15, 0.2) is 17.0 Å². The highest BCUT2D eigenvalue weighted by Crippen LogP contribution is 2.22. The SMILES string of the molecule is COCCN=CC(=CN)c1ccc(-n2nnc3cnc(NC4CCCC4)nc32)nc1. The Kier molecular flexibility index (Phi) is 6.23. The molecule has 0 atom stereocenters. The summed E-state index contributed by atoms with van der Waals surface area (Å²) in [4.78, 5) is 17.8. The number of fused-ring (bicyclic) bond motifs is 1. The van der Waals surface area contributed by atoms with E-state index >= 15 is 0 Å². The highest BCUT2D eigenvalue weighted by molar-refractivity contribution is 6.09. The van der Waals surface area contributed by atoms with E-state index in [9.17, 15) is 0 Å². The Labute approximate surface area is 174 Å². The number of nitrogens with two attached hydrogens (primary N) is 1. The van der Waals surface area contributed by atoms with Crippen molar-refractivity contribution in [1.82, 2.24) is 29.9 Å². The highest BCUT2D eigenvalue weighted by atomic mass is 16.5. The topological polar surface area (TPSA) is 129 Å². The summed E-state index contributed by atoms with van der Waals surface area (Å²) < 4.78 is 6.60. The number of hydrogen-bond acceptors (Lipinski definition) is 9. The molecule has 1 aliphatic carbocycles. The summed E-state index contributed by atoms with van der Waals surface area (Å²) in [7, 11) is 1.64. The minimum Gasteiger partial charge on any atom is -0.404 e. The predicted octanol–water partition coefficient (Wildman–Crippen LogP) is 1.98. The van der Waals surface area contributed by atoms with Gasteiger partial charge < -0.3 is 15.8 Å². The van der Waals surface area contributed by atoms with E-state index in [1.165, 1.54) is 19.0 Å². The summed E-state index contributed by atoms with van der Waals surface area (Å²) >= 11 is 0. The molecule has 0 saturated heterocycles. The lowest BCUT2D eigenvalue weighted by Gasteiger charge is -2.11. The lowest BCUT2D eigenvalue weighted by atomic mass is 10.1. The van der Waals surface area contributed by atoms with Gasteiger partial charge in [-0.2, -0.15) is 9.67 Å². The molecule has 0 unspecified atom stereocenters. The molecule has 0 aromatic carbocycles. The van der Waals surface area contributed by atoms with E-state index in [-0.39, 0.29) is 0 Å². The number of methoxy groups -OCH3 is 1. The number of pyridine rings is 1. The molecule has 4 rings (SSSR count). The number of nitrogens with zero attached hydrogens (tertiary/aromatic N) is 7. The van der Waals surface area contributed by atoms with Crippen LogP contribution in [0.4, 0.5) is 5.95 Å². The third kappa shape index (κ3) is 4.43. The van der Waals surface area contributed by atoms with Gasteiger partial charge in [0.25, 0.3) is 0 Å². The van der Waals surface area contributed by atoms with Crippen LogP contribution >= 0.6 is 0 Å². The molecule has 10 heteroatoms. The van der Waals surface area contributed by atoms with E-state index < -0.39 is 0 Å². The van der Waals surface area contributed by atoms with E-state index in [0.29, 0.717) is 42.1 Å².